The van der Waals surface area contributed by atoms with Crippen LogP contribution in [-0.4, -0.2) is 16.2 Å². The van der Waals surface area contributed by atoms with Crippen molar-refractivity contribution in [3.63, 3.8) is 0 Å². The van der Waals surface area contributed by atoms with Gasteiger partial charge in [0.1, 0.15) is 11.6 Å². The van der Waals surface area contributed by atoms with E-state index in [0.29, 0.717) is 28.1 Å². The molecule has 0 spiro atoms. The molecule has 0 saturated heterocycles. The maximum atomic E-state index is 11.9. The van der Waals surface area contributed by atoms with Crippen molar-refractivity contribution in [1.82, 2.24) is 4.98 Å². The minimum Gasteiger partial charge on any atom is -0.349 e. The zero-order valence-electron chi connectivity index (χ0n) is 13.4. The summed E-state index contributed by atoms with van der Waals surface area (Å²) in [5.41, 5.74) is 1.55. The molecule has 4 rings (SSSR count). The Balaban J connectivity index is 2.34. The second-order valence-corrected chi connectivity index (χ2v) is 5.79. The number of para-hydroxylation sites is 1. The van der Waals surface area contributed by atoms with Crippen LogP contribution in [0.3, 0.4) is 0 Å². The van der Waals surface area contributed by atoms with Gasteiger partial charge in [-0.2, -0.15) is 5.26 Å². The van der Waals surface area contributed by atoms with Crippen molar-refractivity contribution in [1.29, 1.82) is 5.26 Å². The number of nitro groups is 1. The zero-order chi connectivity index (χ0) is 18.3. The number of hydrogen-bond donors (Lipinski definition) is 1. The number of nitrogens with one attached hydrogen (secondary N) is 1. The zero-order valence-corrected chi connectivity index (χ0v) is 13.4. The Labute approximate surface area is 147 Å². The van der Waals surface area contributed by atoms with Gasteiger partial charge in [0.05, 0.1) is 16.1 Å². The number of H-pyrrole nitrogens is 1. The van der Waals surface area contributed by atoms with Gasteiger partial charge < -0.3 is 4.98 Å². The molecule has 6 nitrogen and oxygen atoms in total. The number of rotatable bonds is 3. The molecular formula is C20H11N3O3. The average Bonchev–Trinajstić information content (AvgIpc) is 3.05. The van der Waals surface area contributed by atoms with Crippen molar-refractivity contribution < 1.29 is 9.72 Å². The number of carbonyl (C=O) groups excluding carboxylic acids is 1. The fourth-order valence-corrected chi connectivity index (χ4v) is 3.41. The Morgan fingerprint density at radius 1 is 1.08 bits per heavy atom. The van der Waals surface area contributed by atoms with Crippen LogP contribution in [0.15, 0.2) is 54.6 Å². The maximum absolute atomic E-state index is 11.9. The molecule has 1 N–H and O–H groups in total. The standard InChI is InChI=1S/C20H11N3O3/c21-10-14-15(11-24)17(12-6-2-1-3-7-12)20(23(25)26)19-18(14)13-8-4-5-9-16(13)22-19/h1-9,11,22H. The Kier molecular flexibility index (Phi) is 3.48. The first kappa shape index (κ1) is 15.5. The molecule has 1 aromatic heterocycles. The summed E-state index contributed by atoms with van der Waals surface area (Å²) < 4.78 is 0. The quantitative estimate of drug-likeness (QED) is 0.335. The molecule has 26 heavy (non-hydrogen) atoms. The van der Waals surface area contributed by atoms with E-state index >= 15 is 0 Å². The van der Waals surface area contributed by atoms with E-state index in [1.807, 2.05) is 0 Å². The van der Waals surface area contributed by atoms with E-state index < -0.39 is 4.92 Å². The summed E-state index contributed by atoms with van der Waals surface area (Å²) in [7, 11) is 0. The van der Waals surface area contributed by atoms with Gasteiger partial charge >= 0.3 is 5.69 Å². The van der Waals surface area contributed by atoms with Crippen LogP contribution in [0.25, 0.3) is 32.9 Å². The van der Waals surface area contributed by atoms with Crippen molar-refractivity contribution >= 4 is 33.8 Å². The van der Waals surface area contributed by atoms with Crippen molar-refractivity contribution in [2.45, 2.75) is 0 Å². The fraction of sp³-hybridized carbons (Fsp3) is 0. The van der Waals surface area contributed by atoms with Crippen molar-refractivity contribution in [3.05, 3.63) is 75.8 Å². The van der Waals surface area contributed by atoms with E-state index in [9.17, 15) is 20.2 Å². The van der Waals surface area contributed by atoms with Crippen LogP contribution in [0.1, 0.15) is 15.9 Å². The van der Waals surface area contributed by atoms with Gasteiger partial charge in [-0.1, -0.05) is 48.5 Å². The molecule has 124 valence electrons. The molecule has 3 aromatic carbocycles. The number of nitro benzene ring substituents is 1. The highest BCUT2D eigenvalue weighted by molar-refractivity contribution is 6.18. The molecule has 0 unspecified atom stereocenters. The molecule has 0 bridgehead atoms. The molecule has 0 aliphatic rings. The summed E-state index contributed by atoms with van der Waals surface area (Å²) in [4.78, 5) is 26.4. The molecule has 6 heteroatoms. The number of aldehydes is 1. The van der Waals surface area contributed by atoms with Gasteiger partial charge in [-0.25, -0.2) is 0 Å². The van der Waals surface area contributed by atoms with Gasteiger partial charge in [0, 0.05) is 21.9 Å². The molecular weight excluding hydrogens is 330 g/mol. The summed E-state index contributed by atoms with van der Waals surface area (Å²) in [6.45, 7) is 0. The smallest absolute Gasteiger partial charge is 0.301 e. The highest BCUT2D eigenvalue weighted by Crippen LogP contribution is 2.43. The number of nitriles is 1. The number of benzene rings is 3. The second-order valence-electron chi connectivity index (χ2n) is 5.79. The summed E-state index contributed by atoms with van der Waals surface area (Å²) in [5.74, 6) is 0. The van der Waals surface area contributed by atoms with E-state index in [1.54, 1.807) is 54.6 Å². The largest absolute Gasteiger partial charge is 0.349 e. The van der Waals surface area contributed by atoms with Crippen LogP contribution >= 0.6 is 0 Å². The average molecular weight is 341 g/mol. The molecule has 0 atom stereocenters. The van der Waals surface area contributed by atoms with Gasteiger partial charge in [-0.3, -0.25) is 14.9 Å². The van der Waals surface area contributed by atoms with Gasteiger partial charge in [-0.05, 0) is 11.6 Å². The predicted octanol–water partition coefficient (Wildman–Crippen LogP) is 4.58. The third-order valence-corrected chi connectivity index (χ3v) is 4.44. The highest BCUT2D eigenvalue weighted by atomic mass is 16.6. The van der Waals surface area contributed by atoms with Crippen LogP contribution < -0.4 is 0 Å². The van der Waals surface area contributed by atoms with Crippen LogP contribution in [0.5, 0.6) is 0 Å². The number of nitrogens with zero attached hydrogens (tertiary/aromatic N) is 2. The first-order chi connectivity index (χ1) is 12.7. The number of aromatic amines is 1. The summed E-state index contributed by atoms with van der Waals surface area (Å²) in [6, 6.07) is 17.8. The van der Waals surface area contributed by atoms with E-state index in [2.05, 4.69) is 11.1 Å². The SMILES string of the molecule is N#Cc1c(C=O)c(-c2ccccc2)c([N+](=O)[O-])c2[nH]c3ccccc3c12. The molecule has 0 amide bonds. The summed E-state index contributed by atoms with van der Waals surface area (Å²) in [6.07, 6.45) is 0.523. The third-order valence-electron chi connectivity index (χ3n) is 4.44. The molecule has 0 saturated carbocycles. The molecule has 1 heterocycles. The minimum absolute atomic E-state index is 0.0302. The molecule has 0 radical (unpaired) electrons. The summed E-state index contributed by atoms with van der Waals surface area (Å²) in [5, 5.41) is 22.7. The second kappa shape index (κ2) is 5.83. The third kappa shape index (κ3) is 2.08. The van der Waals surface area contributed by atoms with Gasteiger partial charge in [-0.15, -0.1) is 0 Å². The Morgan fingerprint density at radius 2 is 1.77 bits per heavy atom. The van der Waals surface area contributed by atoms with Crippen molar-refractivity contribution in [3.8, 4) is 17.2 Å². The molecule has 0 aliphatic carbocycles. The van der Waals surface area contributed by atoms with Crippen LogP contribution in [0.2, 0.25) is 0 Å². The Bertz CT molecular complexity index is 1230. The number of aromatic nitrogens is 1. The van der Waals surface area contributed by atoms with Gasteiger partial charge in [0.15, 0.2) is 6.29 Å². The van der Waals surface area contributed by atoms with Crippen LogP contribution in [-0.2, 0) is 0 Å². The van der Waals surface area contributed by atoms with Gasteiger partial charge in [0.25, 0.3) is 0 Å². The molecule has 0 aliphatic heterocycles. The maximum Gasteiger partial charge on any atom is 0.301 e. The first-order valence-corrected chi connectivity index (χ1v) is 7.82. The predicted molar refractivity (Wildman–Crippen MR) is 98.0 cm³/mol. The van der Waals surface area contributed by atoms with Crippen molar-refractivity contribution in [2.24, 2.45) is 0 Å². The lowest BCUT2D eigenvalue weighted by molar-refractivity contribution is -0.382. The monoisotopic (exact) mass is 341 g/mol. The lowest BCUT2D eigenvalue weighted by Crippen LogP contribution is -2.01. The highest BCUT2D eigenvalue weighted by Gasteiger charge is 2.29. The van der Waals surface area contributed by atoms with E-state index in [-0.39, 0.29) is 27.9 Å². The topological polar surface area (TPSA) is 99.8 Å². The first-order valence-electron chi connectivity index (χ1n) is 7.82. The number of carbonyl (C=O) groups is 1. The molecule has 0 fully saturated rings. The van der Waals surface area contributed by atoms with E-state index in [4.69, 9.17) is 0 Å². The lowest BCUT2D eigenvalue weighted by atomic mass is 9.91. The Hall–Kier alpha value is -3.98. The van der Waals surface area contributed by atoms with E-state index in [0.717, 1.165) is 0 Å². The van der Waals surface area contributed by atoms with Crippen LogP contribution in [0, 0.1) is 21.4 Å². The fourth-order valence-electron chi connectivity index (χ4n) is 3.41. The lowest BCUT2D eigenvalue weighted by Gasteiger charge is -2.10. The molecule has 4 aromatic rings. The Morgan fingerprint density at radius 3 is 2.42 bits per heavy atom. The number of fused-ring (bicyclic) bond motifs is 3. The normalized spacial score (nSPS) is 10.7. The number of hydrogen-bond acceptors (Lipinski definition) is 4. The van der Waals surface area contributed by atoms with Crippen molar-refractivity contribution in [2.75, 3.05) is 0 Å². The minimum atomic E-state index is -0.506. The van der Waals surface area contributed by atoms with Crippen LogP contribution in [0.4, 0.5) is 5.69 Å². The van der Waals surface area contributed by atoms with Gasteiger partial charge in [0.2, 0.25) is 0 Å². The summed E-state index contributed by atoms with van der Waals surface area (Å²) >= 11 is 0. The van der Waals surface area contributed by atoms with E-state index in [1.165, 1.54) is 0 Å².